The van der Waals surface area contributed by atoms with Crippen LogP contribution in [0.1, 0.15) is 38.2 Å². The number of hydrogen-bond donors (Lipinski definition) is 1. The van der Waals surface area contributed by atoms with Crippen molar-refractivity contribution in [3.8, 4) is 0 Å². The van der Waals surface area contributed by atoms with Crippen LogP contribution < -0.4 is 11.2 Å². The maximum absolute atomic E-state index is 11.4. The molecule has 2 heterocycles. The lowest BCUT2D eigenvalue weighted by molar-refractivity contribution is 0.00578. The number of carbonyl (C=O) groups excluding carboxylic acids is 2. The number of carbonyl (C=O) groups is 2. The molecule has 7 nitrogen and oxygen atoms in total. The van der Waals surface area contributed by atoms with Gasteiger partial charge in [-0.3, -0.25) is 0 Å². The lowest BCUT2D eigenvalue weighted by Crippen LogP contribution is -2.41. The van der Waals surface area contributed by atoms with E-state index in [0.29, 0.717) is 5.46 Å². The molecule has 0 saturated carbocycles. The van der Waals surface area contributed by atoms with Gasteiger partial charge >= 0.3 is 19.2 Å². The number of pyridine rings is 1. The number of rotatable bonds is 2. The van der Waals surface area contributed by atoms with Crippen LogP contribution in [0.15, 0.2) is 18.3 Å². The van der Waals surface area contributed by atoms with Gasteiger partial charge in [-0.1, -0.05) is 6.07 Å². The van der Waals surface area contributed by atoms with E-state index in [1.165, 1.54) is 12.3 Å². The molecule has 0 unspecified atom stereocenters. The van der Waals surface area contributed by atoms with Crippen molar-refractivity contribution < 1.29 is 23.6 Å². The van der Waals surface area contributed by atoms with Crippen LogP contribution in [0, 0.1) is 0 Å². The molecule has 0 bridgehead atoms. The van der Waals surface area contributed by atoms with E-state index in [0.717, 1.165) is 0 Å². The van der Waals surface area contributed by atoms with Crippen LogP contribution in [0.25, 0.3) is 0 Å². The summed E-state index contributed by atoms with van der Waals surface area (Å²) >= 11 is 0. The molecule has 1 aromatic heterocycles. The van der Waals surface area contributed by atoms with Gasteiger partial charge in [0.2, 0.25) is 0 Å². The highest BCUT2D eigenvalue weighted by atomic mass is 16.7. The third-order valence-corrected chi connectivity index (χ3v) is 3.71. The summed E-state index contributed by atoms with van der Waals surface area (Å²) in [5, 5.41) is 0. The largest absolute Gasteiger partial charge is 0.496 e. The zero-order chi connectivity index (χ0) is 15.8. The first-order valence-electron chi connectivity index (χ1n) is 6.45. The second-order valence-corrected chi connectivity index (χ2v) is 5.77. The molecule has 0 aliphatic carbocycles. The van der Waals surface area contributed by atoms with Crippen LogP contribution in [0.2, 0.25) is 0 Å². The molecule has 1 aromatic rings. The molecule has 2 N–H and O–H groups in total. The zero-order valence-electron chi connectivity index (χ0n) is 12.4. The van der Waals surface area contributed by atoms with Crippen LogP contribution in [-0.4, -0.2) is 35.4 Å². The first kappa shape index (κ1) is 15.5. The lowest BCUT2D eigenvalue weighted by atomic mass is 9.80. The van der Waals surface area contributed by atoms with Gasteiger partial charge in [0.25, 0.3) is 0 Å². The third-order valence-electron chi connectivity index (χ3n) is 3.71. The molecular formula is C13H17BN2O5. The van der Waals surface area contributed by atoms with Crippen molar-refractivity contribution in [2.24, 2.45) is 5.73 Å². The maximum atomic E-state index is 11.4. The first-order chi connectivity index (χ1) is 9.62. The highest BCUT2D eigenvalue weighted by Crippen LogP contribution is 2.36. The van der Waals surface area contributed by atoms with E-state index in [1.807, 2.05) is 27.7 Å². The van der Waals surface area contributed by atoms with Gasteiger partial charge in [0.15, 0.2) is 0 Å². The predicted octanol–water partition coefficient (Wildman–Crippen LogP) is 0.616. The summed E-state index contributed by atoms with van der Waals surface area (Å²) < 4.78 is 16.0. The Labute approximate surface area is 122 Å². The molecule has 2 rings (SSSR count). The summed E-state index contributed by atoms with van der Waals surface area (Å²) in [4.78, 5) is 25.9. The minimum atomic E-state index is -1.17. The number of nitrogens with two attached hydrogens (primary N) is 1. The molecule has 0 spiro atoms. The van der Waals surface area contributed by atoms with Gasteiger partial charge in [0.1, 0.15) is 5.69 Å². The molecule has 1 fully saturated rings. The molecule has 1 amide bonds. The second-order valence-electron chi connectivity index (χ2n) is 5.77. The van der Waals surface area contributed by atoms with Crippen molar-refractivity contribution >= 4 is 24.6 Å². The topological polar surface area (TPSA) is 101 Å². The molecule has 0 atom stereocenters. The molecule has 0 aromatic carbocycles. The van der Waals surface area contributed by atoms with Crippen LogP contribution in [0.5, 0.6) is 0 Å². The number of primary amides is 1. The smallest absolute Gasteiger partial charge is 0.399 e. The van der Waals surface area contributed by atoms with Gasteiger partial charge in [0.05, 0.1) is 11.2 Å². The van der Waals surface area contributed by atoms with E-state index in [-0.39, 0.29) is 5.69 Å². The van der Waals surface area contributed by atoms with E-state index in [2.05, 4.69) is 9.72 Å². The van der Waals surface area contributed by atoms with Crippen LogP contribution in [0.3, 0.4) is 0 Å². The Morgan fingerprint density at radius 2 is 1.76 bits per heavy atom. The summed E-state index contributed by atoms with van der Waals surface area (Å²) in [7, 11) is -0.566. The Morgan fingerprint density at radius 3 is 2.19 bits per heavy atom. The third kappa shape index (κ3) is 3.06. The van der Waals surface area contributed by atoms with E-state index >= 15 is 0 Å². The first-order valence-corrected chi connectivity index (χ1v) is 6.45. The van der Waals surface area contributed by atoms with E-state index in [4.69, 9.17) is 15.0 Å². The minimum Gasteiger partial charge on any atom is -0.399 e. The summed E-state index contributed by atoms with van der Waals surface area (Å²) in [5.74, 6) is -0.900. The summed E-state index contributed by atoms with van der Waals surface area (Å²) in [5.41, 5.74) is 4.51. The van der Waals surface area contributed by atoms with Gasteiger partial charge < -0.3 is 19.8 Å². The fourth-order valence-electron chi connectivity index (χ4n) is 1.79. The lowest BCUT2D eigenvalue weighted by Gasteiger charge is -2.32. The van der Waals surface area contributed by atoms with E-state index in [9.17, 15) is 9.59 Å². The highest BCUT2D eigenvalue weighted by Gasteiger charge is 2.51. The molecule has 8 heteroatoms. The van der Waals surface area contributed by atoms with Crippen molar-refractivity contribution in [1.29, 1.82) is 0 Å². The van der Waals surface area contributed by atoms with Crippen molar-refractivity contribution in [2.75, 3.05) is 0 Å². The Hall–Kier alpha value is -1.93. The zero-order valence-corrected chi connectivity index (χ0v) is 12.4. The molecule has 21 heavy (non-hydrogen) atoms. The Balaban J connectivity index is 2.14. The number of nitrogens with zero attached hydrogens (tertiary/aromatic N) is 1. The molecule has 0 radical (unpaired) electrons. The SMILES string of the molecule is CC1(C)OB(c2ccc(C(=O)OC(N)=O)nc2)OC1(C)C. The minimum absolute atomic E-state index is 0.0194. The van der Waals surface area contributed by atoms with Crippen molar-refractivity contribution in [2.45, 2.75) is 38.9 Å². The number of ether oxygens (including phenoxy) is 1. The van der Waals surface area contributed by atoms with Gasteiger partial charge in [0, 0.05) is 11.7 Å². The standard InChI is InChI=1S/C13H17BN2O5/c1-12(2)13(3,4)21-14(20-12)8-5-6-9(16-7-8)10(17)19-11(15)18/h5-7H,1-4H3,(H2,15,18). The van der Waals surface area contributed by atoms with Crippen molar-refractivity contribution in [3.63, 3.8) is 0 Å². The monoisotopic (exact) mass is 292 g/mol. The number of hydrogen-bond acceptors (Lipinski definition) is 6. The fraction of sp³-hybridized carbons (Fsp3) is 0.462. The molecule has 112 valence electrons. The van der Waals surface area contributed by atoms with Gasteiger partial charge in [-0.15, -0.1) is 0 Å². The van der Waals surface area contributed by atoms with Gasteiger partial charge in [-0.2, -0.15) is 0 Å². The highest BCUT2D eigenvalue weighted by molar-refractivity contribution is 6.62. The normalized spacial score (nSPS) is 19.3. The average molecular weight is 292 g/mol. The maximum Gasteiger partial charge on any atom is 0.496 e. The summed E-state index contributed by atoms with van der Waals surface area (Å²) in [6.45, 7) is 7.77. The number of amides is 1. The summed E-state index contributed by atoms with van der Waals surface area (Å²) in [6.07, 6.45) is 0.275. The average Bonchev–Trinajstić information content (AvgIpc) is 2.58. The van der Waals surface area contributed by atoms with Crippen LogP contribution in [0.4, 0.5) is 4.79 Å². The Bertz CT molecular complexity index is 554. The predicted molar refractivity (Wildman–Crippen MR) is 75.0 cm³/mol. The second kappa shape index (κ2) is 5.12. The van der Waals surface area contributed by atoms with Crippen molar-refractivity contribution in [1.82, 2.24) is 4.98 Å². The van der Waals surface area contributed by atoms with Crippen molar-refractivity contribution in [3.05, 3.63) is 24.0 Å². The Morgan fingerprint density at radius 1 is 1.19 bits per heavy atom. The molecule has 1 aliphatic rings. The van der Waals surface area contributed by atoms with Gasteiger partial charge in [-0.05, 0) is 33.8 Å². The van der Waals surface area contributed by atoms with Crippen LogP contribution in [-0.2, 0) is 14.0 Å². The number of esters is 1. The quantitative estimate of drug-likeness (QED) is 0.487. The summed E-state index contributed by atoms with van der Waals surface area (Å²) in [6, 6.07) is 3.05. The van der Waals surface area contributed by atoms with E-state index < -0.39 is 30.4 Å². The Kier molecular flexibility index (Phi) is 3.77. The van der Waals surface area contributed by atoms with E-state index in [1.54, 1.807) is 6.07 Å². The van der Waals surface area contributed by atoms with Gasteiger partial charge in [-0.25, -0.2) is 14.6 Å². The molecule has 1 saturated heterocycles. The molecular weight excluding hydrogens is 275 g/mol. The molecule has 1 aliphatic heterocycles. The fourth-order valence-corrected chi connectivity index (χ4v) is 1.79. The number of aromatic nitrogens is 1. The van der Waals surface area contributed by atoms with Crippen LogP contribution >= 0.6 is 0 Å².